The van der Waals surface area contributed by atoms with E-state index in [2.05, 4.69) is 20.7 Å². The van der Waals surface area contributed by atoms with Crippen LogP contribution >= 0.6 is 0 Å². The monoisotopic (exact) mass is 304 g/mol. The largest absolute Gasteiger partial charge is 0.493 e. The van der Waals surface area contributed by atoms with Gasteiger partial charge in [-0.05, 0) is 30.7 Å². The molecule has 9 nitrogen and oxygen atoms in total. The number of hydrazone groups is 1. The summed E-state index contributed by atoms with van der Waals surface area (Å²) in [7, 11) is 1.49. The van der Waals surface area contributed by atoms with E-state index in [-0.39, 0.29) is 0 Å². The molecule has 0 amide bonds. The first-order valence-corrected chi connectivity index (χ1v) is 6.34. The van der Waals surface area contributed by atoms with Crippen molar-refractivity contribution in [3.8, 4) is 11.5 Å². The Labute approximate surface area is 126 Å². The van der Waals surface area contributed by atoms with Crippen LogP contribution in [0.1, 0.15) is 18.3 Å². The number of esters is 1. The maximum atomic E-state index is 11.1. The molecule has 0 unspecified atom stereocenters. The number of rotatable bonds is 5. The topological polar surface area (TPSA) is 117 Å². The number of benzene rings is 1. The van der Waals surface area contributed by atoms with E-state index >= 15 is 0 Å². The van der Waals surface area contributed by atoms with Crippen LogP contribution in [0.5, 0.6) is 11.5 Å². The Bertz CT molecular complexity index is 710. The molecule has 0 saturated carbocycles. The van der Waals surface area contributed by atoms with E-state index in [1.807, 2.05) is 0 Å². The Kier molecular flexibility index (Phi) is 4.57. The van der Waals surface area contributed by atoms with Gasteiger partial charge in [-0.1, -0.05) is 0 Å². The van der Waals surface area contributed by atoms with Crippen molar-refractivity contribution in [3.05, 3.63) is 29.6 Å². The number of aromatic nitrogens is 3. The van der Waals surface area contributed by atoms with Crippen LogP contribution in [-0.2, 0) is 4.79 Å². The van der Waals surface area contributed by atoms with Gasteiger partial charge in [0.05, 0.1) is 13.3 Å². The molecule has 2 rings (SSSR count). The van der Waals surface area contributed by atoms with Crippen molar-refractivity contribution in [2.75, 3.05) is 18.4 Å². The lowest BCUT2D eigenvalue weighted by atomic mass is 10.2. The summed E-state index contributed by atoms with van der Waals surface area (Å²) in [6.07, 6.45) is 1.52. The minimum atomic E-state index is -0.433. The van der Waals surface area contributed by atoms with Crippen LogP contribution in [0.2, 0.25) is 0 Å². The summed E-state index contributed by atoms with van der Waals surface area (Å²) in [5.74, 6) is 6.88. The molecule has 0 aliphatic carbocycles. The number of aryl methyl sites for hydroxylation is 1. The molecule has 3 N–H and O–H groups in total. The van der Waals surface area contributed by atoms with Gasteiger partial charge in [-0.2, -0.15) is 5.10 Å². The summed E-state index contributed by atoms with van der Waals surface area (Å²) in [6, 6.07) is 5.06. The first kappa shape index (κ1) is 15.3. The van der Waals surface area contributed by atoms with Gasteiger partial charge in [-0.3, -0.25) is 4.79 Å². The average Bonchev–Trinajstić information content (AvgIpc) is 2.79. The lowest BCUT2D eigenvalue weighted by Crippen LogP contribution is -2.13. The zero-order chi connectivity index (χ0) is 16.1. The van der Waals surface area contributed by atoms with Crippen molar-refractivity contribution in [1.82, 2.24) is 14.9 Å². The van der Waals surface area contributed by atoms with Gasteiger partial charge in [0.2, 0.25) is 0 Å². The van der Waals surface area contributed by atoms with E-state index in [0.29, 0.717) is 28.8 Å². The maximum Gasteiger partial charge on any atom is 0.308 e. The molecule has 1 heterocycles. The fourth-order valence-corrected chi connectivity index (χ4v) is 1.62. The Morgan fingerprint density at radius 2 is 2.18 bits per heavy atom. The lowest BCUT2D eigenvalue weighted by Gasteiger charge is -2.08. The Hall–Kier alpha value is -3.10. The van der Waals surface area contributed by atoms with Gasteiger partial charge < -0.3 is 15.3 Å². The van der Waals surface area contributed by atoms with E-state index in [4.69, 9.17) is 15.3 Å². The number of carbonyl (C=O) groups excluding carboxylic acids is 1. The van der Waals surface area contributed by atoms with E-state index in [1.165, 1.54) is 24.9 Å². The number of hydrogen-bond acceptors (Lipinski definition) is 8. The molecular formula is C13H16N6O3. The molecule has 0 spiro atoms. The predicted molar refractivity (Wildman–Crippen MR) is 80.4 cm³/mol. The smallest absolute Gasteiger partial charge is 0.308 e. The van der Waals surface area contributed by atoms with Gasteiger partial charge in [-0.15, -0.1) is 10.2 Å². The minimum absolute atomic E-state index is 0.308. The minimum Gasteiger partial charge on any atom is -0.493 e. The quantitative estimate of drug-likeness (QED) is 0.274. The number of nitrogens with zero attached hydrogens (tertiary/aromatic N) is 4. The van der Waals surface area contributed by atoms with Gasteiger partial charge >= 0.3 is 5.97 Å². The third-order valence-corrected chi connectivity index (χ3v) is 2.69. The van der Waals surface area contributed by atoms with Crippen LogP contribution in [0.4, 0.5) is 5.95 Å². The van der Waals surface area contributed by atoms with Gasteiger partial charge in [0.25, 0.3) is 5.95 Å². The third kappa shape index (κ3) is 3.51. The average molecular weight is 304 g/mol. The second-order valence-electron chi connectivity index (χ2n) is 4.31. The van der Waals surface area contributed by atoms with Crippen LogP contribution < -0.4 is 20.7 Å². The summed E-state index contributed by atoms with van der Waals surface area (Å²) < 4.78 is 11.5. The lowest BCUT2D eigenvalue weighted by molar-refractivity contribution is -0.132. The van der Waals surface area contributed by atoms with Crippen molar-refractivity contribution in [1.29, 1.82) is 0 Å². The molecule has 0 radical (unpaired) electrons. The highest BCUT2D eigenvalue weighted by molar-refractivity contribution is 5.82. The van der Waals surface area contributed by atoms with Crippen molar-refractivity contribution < 1.29 is 14.3 Å². The van der Waals surface area contributed by atoms with Gasteiger partial charge in [0.15, 0.2) is 17.3 Å². The van der Waals surface area contributed by atoms with Gasteiger partial charge in [0, 0.05) is 6.92 Å². The number of hydrogen-bond donors (Lipinski definition) is 2. The van der Waals surface area contributed by atoms with Crippen molar-refractivity contribution in [2.24, 2.45) is 5.10 Å². The second-order valence-corrected chi connectivity index (χ2v) is 4.31. The van der Waals surface area contributed by atoms with Crippen LogP contribution in [-0.4, -0.2) is 34.2 Å². The first-order valence-electron chi connectivity index (χ1n) is 6.34. The maximum absolute atomic E-state index is 11.1. The predicted octanol–water partition coefficient (Wildman–Crippen LogP) is 0.680. The molecule has 22 heavy (non-hydrogen) atoms. The standard InChI is InChI=1S/C13H16N6O3/c1-8-16-18-13(19(8)14)17-15-7-10-4-5-11(21-3)12(6-10)22-9(2)20/h4-7H,14H2,1-3H3,(H,17,18)/b15-7+. The first-order chi connectivity index (χ1) is 10.5. The highest BCUT2D eigenvalue weighted by Crippen LogP contribution is 2.27. The van der Waals surface area contributed by atoms with Gasteiger partial charge in [-0.25, -0.2) is 10.1 Å². The summed E-state index contributed by atoms with van der Waals surface area (Å²) in [6.45, 7) is 3.04. The normalized spacial score (nSPS) is 10.7. The molecule has 0 aliphatic heterocycles. The number of carbonyl (C=O) groups is 1. The fourth-order valence-electron chi connectivity index (χ4n) is 1.62. The Morgan fingerprint density at radius 1 is 1.41 bits per heavy atom. The number of nitrogen functional groups attached to an aromatic ring is 1. The number of nitrogens with one attached hydrogen (secondary N) is 1. The molecular weight excluding hydrogens is 288 g/mol. The van der Waals surface area contributed by atoms with E-state index in [9.17, 15) is 4.79 Å². The molecule has 0 bridgehead atoms. The van der Waals surface area contributed by atoms with E-state index in [1.54, 1.807) is 25.1 Å². The van der Waals surface area contributed by atoms with Crippen LogP contribution in [0.3, 0.4) is 0 Å². The molecule has 9 heteroatoms. The molecule has 0 aliphatic rings. The second kappa shape index (κ2) is 6.57. The van der Waals surface area contributed by atoms with E-state index in [0.717, 1.165) is 0 Å². The van der Waals surface area contributed by atoms with Crippen molar-refractivity contribution in [2.45, 2.75) is 13.8 Å². The number of nitrogens with two attached hydrogens (primary N) is 1. The van der Waals surface area contributed by atoms with Gasteiger partial charge in [0.1, 0.15) is 0 Å². The number of ether oxygens (including phenoxy) is 2. The zero-order valence-electron chi connectivity index (χ0n) is 12.4. The molecule has 116 valence electrons. The zero-order valence-corrected chi connectivity index (χ0v) is 12.4. The Balaban J connectivity index is 2.13. The summed E-state index contributed by atoms with van der Waals surface area (Å²) >= 11 is 0. The highest BCUT2D eigenvalue weighted by Gasteiger charge is 2.07. The highest BCUT2D eigenvalue weighted by atomic mass is 16.6. The summed E-state index contributed by atoms with van der Waals surface area (Å²) in [4.78, 5) is 11.1. The van der Waals surface area contributed by atoms with Crippen LogP contribution in [0.15, 0.2) is 23.3 Å². The molecule has 0 atom stereocenters. The number of anilines is 1. The fraction of sp³-hybridized carbons (Fsp3) is 0.231. The van der Waals surface area contributed by atoms with Crippen molar-refractivity contribution in [3.63, 3.8) is 0 Å². The molecule has 1 aromatic carbocycles. The third-order valence-electron chi connectivity index (χ3n) is 2.69. The Morgan fingerprint density at radius 3 is 2.77 bits per heavy atom. The molecule has 2 aromatic rings. The summed E-state index contributed by atoms with van der Waals surface area (Å²) in [5, 5.41) is 11.6. The summed E-state index contributed by atoms with van der Waals surface area (Å²) in [5.41, 5.74) is 3.36. The van der Waals surface area contributed by atoms with Crippen LogP contribution in [0.25, 0.3) is 0 Å². The molecule has 0 fully saturated rings. The SMILES string of the molecule is COc1ccc(/C=N/Nc2nnc(C)n2N)cc1OC(C)=O. The van der Waals surface area contributed by atoms with E-state index < -0.39 is 5.97 Å². The molecule has 0 saturated heterocycles. The van der Waals surface area contributed by atoms with Crippen LogP contribution in [0, 0.1) is 6.92 Å². The molecule has 1 aromatic heterocycles. The van der Waals surface area contributed by atoms with Crippen molar-refractivity contribution >= 4 is 18.1 Å². The number of methoxy groups -OCH3 is 1.